The Balaban J connectivity index is 2.30. The fourth-order valence-electron chi connectivity index (χ4n) is 2.22. The van der Waals surface area contributed by atoms with Crippen molar-refractivity contribution in [1.82, 2.24) is 0 Å². The van der Waals surface area contributed by atoms with Crippen molar-refractivity contribution in [1.29, 1.82) is 0 Å². The predicted octanol–water partition coefficient (Wildman–Crippen LogP) is 3.32. The first-order valence-electron chi connectivity index (χ1n) is 6.34. The summed E-state index contributed by atoms with van der Waals surface area (Å²) in [6.07, 6.45) is 0.831. The lowest BCUT2D eigenvalue weighted by Gasteiger charge is -2.17. The van der Waals surface area contributed by atoms with E-state index < -0.39 is 0 Å². The Kier molecular flexibility index (Phi) is 4.53. The first-order chi connectivity index (χ1) is 9.24. The molecule has 0 unspecified atom stereocenters. The van der Waals surface area contributed by atoms with Crippen molar-refractivity contribution in [2.75, 3.05) is 13.7 Å². The molecule has 3 heteroatoms. The molecule has 2 aromatic carbocycles. The summed E-state index contributed by atoms with van der Waals surface area (Å²) < 4.78 is 18.2. The average Bonchev–Trinajstić information content (AvgIpc) is 2.46. The molecule has 0 radical (unpaired) electrons. The van der Waals surface area contributed by atoms with Crippen LogP contribution in [0.5, 0.6) is 5.75 Å². The van der Waals surface area contributed by atoms with Crippen LogP contribution in [-0.4, -0.2) is 13.7 Å². The van der Waals surface area contributed by atoms with E-state index >= 15 is 0 Å². The van der Waals surface area contributed by atoms with Gasteiger partial charge in [-0.05, 0) is 48.4 Å². The third kappa shape index (κ3) is 3.32. The van der Waals surface area contributed by atoms with Crippen molar-refractivity contribution in [2.24, 2.45) is 5.73 Å². The zero-order valence-electron chi connectivity index (χ0n) is 11.0. The van der Waals surface area contributed by atoms with Gasteiger partial charge in [0.15, 0.2) is 0 Å². The highest BCUT2D eigenvalue weighted by atomic mass is 19.1. The third-order valence-corrected chi connectivity index (χ3v) is 3.25. The van der Waals surface area contributed by atoms with E-state index in [0.29, 0.717) is 6.54 Å². The van der Waals surface area contributed by atoms with E-state index in [1.54, 1.807) is 7.11 Å². The Hall–Kier alpha value is -1.87. The van der Waals surface area contributed by atoms with E-state index in [9.17, 15) is 4.39 Å². The maximum absolute atomic E-state index is 13.0. The lowest BCUT2D eigenvalue weighted by Crippen LogP contribution is -2.09. The SMILES string of the molecule is COc1ccc([C@H](CCN)c2ccc(F)cc2)cc1. The molecule has 0 spiro atoms. The van der Waals surface area contributed by atoms with Crippen molar-refractivity contribution in [2.45, 2.75) is 12.3 Å². The molecule has 2 N–H and O–H groups in total. The van der Waals surface area contributed by atoms with Crippen molar-refractivity contribution in [3.05, 3.63) is 65.5 Å². The van der Waals surface area contributed by atoms with E-state index in [0.717, 1.165) is 23.3 Å². The molecule has 0 saturated heterocycles. The van der Waals surface area contributed by atoms with Gasteiger partial charge in [-0.3, -0.25) is 0 Å². The number of halogens is 1. The van der Waals surface area contributed by atoms with Crippen LogP contribution < -0.4 is 10.5 Å². The minimum Gasteiger partial charge on any atom is -0.497 e. The van der Waals surface area contributed by atoms with Gasteiger partial charge >= 0.3 is 0 Å². The van der Waals surface area contributed by atoms with Crippen molar-refractivity contribution >= 4 is 0 Å². The number of hydrogen-bond acceptors (Lipinski definition) is 2. The molecule has 0 aliphatic rings. The topological polar surface area (TPSA) is 35.2 Å². The minimum atomic E-state index is -0.218. The maximum atomic E-state index is 13.0. The molecular formula is C16H18FNO. The molecule has 2 nitrogen and oxygen atoms in total. The normalized spacial score (nSPS) is 12.2. The molecule has 0 saturated carbocycles. The molecule has 100 valence electrons. The van der Waals surface area contributed by atoms with E-state index in [1.165, 1.54) is 12.1 Å². The summed E-state index contributed by atoms with van der Waals surface area (Å²) in [6, 6.07) is 14.5. The number of nitrogens with two attached hydrogens (primary N) is 1. The highest BCUT2D eigenvalue weighted by Crippen LogP contribution is 2.29. The number of rotatable bonds is 5. The second kappa shape index (κ2) is 6.34. The lowest BCUT2D eigenvalue weighted by molar-refractivity contribution is 0.414. The van der Waals surface area contributed by atoms with E-state index in [1.807, 2.05) is 36.4 Å². The molecule has 2 aromatic rings. The van der Waals surface area contributed by atoms with Crippen LogP contribution in [0.1, 0.15) is 23.5 Å². The van der Waals surface area contributed by atoms with Gasteiger partial charge in [-0.1, -0.05) is 24.3 Å². The molecule has 19 heavy (non-hydrogen) atoms. The van der Waals surface area contributed by atoms with Gasteiger partial charge in [0.2, 0.25) is 0 Å². The summed E-state index contributed by atoms with van der Waals surface area (Å²) in [6.45, 7) is 0.591. The van der Waals surface area contributed by atoms with Crippen LogP contribution in [0.25, 0.3) is 0 Å². The standard InChI is InChI=1S/C16H18FNO/c1-19-15-8-4-13(5-9-15)16(10-11-18)12-2-6-14(17)7-3-12/h2-9,16H,10-11,18H2,1H3/t16-/m1/s1. The monoisotopic (exact) mass is 259 g/mol. The molecule has 2 rings (SSSR count). The first kappa shape index (κ1) is 13.6. The number of methoxy groups -OCH3 is 1. The first-order valence-corrected chi connectivity index (χ1v) is 6.34. The Labute approximate surface area is 113 Å². The molecule has 1 atom stereocenters. The molecular weight excluding hydrogens is 241 g/mol. The van der Waals surface area contributed by atoms with Gasteiger partial charge in [-0.15, -0.1) is 0 Å². The largest absolute Gasteiger partial charge is 0.497 e. The smallest absolute Gasteiger partial charge is 0.123 e. The second-order valence-corrected chi connectivity index (χ2v) is 4.45. The second-order valence-electron chi connectivity index (χ2n) is 4.45. The molecule has 0 aromatic heterocycles. The van der Waals surface area contributed by atoms with Gasteiger partial charge in [0.25, 0.3) is 0 Å². The summed E-state index contributed by atoms with van der Waals surface area (Å²) in [5.74, 6) is 0.802. The summed E-state index contributed by atoms with van der Waals surface area (Å²) >= 11 is 0. The minimum absolute atomic E-state index is 0.191. The van der Waals surface area contributed by atoms with Crippen LogP contribution in [0.2, 0.25) is 0 Å². The van der Waals surface area contributed by atoms with Crippen molar-refractivity contribution < 1.29 is 9.13 Å². The predicted molar refractivity (Wildman–Crippen MR) is 74.9 cm³/mol. The van der Waals surface area contributed by atoms with E-state index in [4.69, 9.17) is 10.5 Å². The Bertz CT molecular complexity index is 507. The Morgan fingerprint density at radius 2 is 1.53 bits per heavy atom. The molecule has 0 heterocycles. The third-order valence-electron chi connectivity index (χ3n) is 3.25. The van der Waals surface area contributed by atoms with Crippen LogP contribution in [0, 0.1) is 5.82 Å². The summed E-state index contributed by atoms with van der Waals surface area (Å²) in [7, 11) is 1.65. The van der Waals surface area contributed by atoms with Crippen LogP contribution >= 0.6 is 0 Å². The quantitative estimate of drug-likeness (QED) is 0.894. The highest BCUT2D eigenvalue weighted by molar-refractivity contribution is 5.36. The summed E-state index contributed by atoms with van der Waals surface area (Å²) in [5, 5.41) is 0. The summed E-state index contributed by atoms with van der Waals surface area (Å²) in [5.41, 5.74) is 7.94. The Morgan fingerprint density at radius 1 is 1.00 bits per heavy atom. The number of ether oxygens (including phenoxy) is 1. The molecule has 0 aliphatic heterocycles. The maximum Gasteiger partial charge on any atom is 0.123 e. The van der Waals surface area contributed by atoms with Crippen LogP contribution in [0.3, 0.4) is 0 Å². The lowest BCUT2D eigenvalue weighted by atomic mass is 9.88. The highest BCUT2D eigenvalue weighted by Gasteiger charge is 2.13. The fraction of sp³-hybridized carbons (Fsp3) is 0.250. The summed E-state index contributed by atoms with van der Waals surface area (Å²) in [4.78, 5) is 0. The van der Waals surface area contributed by atoms with Crippen LogP contribution in [0.15, 0.2) is 48.5 Å². The van der Waals surface area contributed by atoms with Gasteiger partial charge in [0, 0.05) is 5.92 Å². The van der Waals surface area contributed by atoms with Gasteiger partial charge in [-0.25, -0.2) is 4.39 Å². The molecule has 0 amide bonds. The van der Waals surface area contributed by atoms with Gasteiger partial charge in [-0.2, -0.15) is 0 Å². The van der Waals surface area contributed by atoms with Gasteiger partial charge in [0.05, 0.1) is 7.11 Å². The van der Waals surface area contributed by atoms with Crippen LogP contribution in [0.4, 0.5) is 4.39 Å². The van der Waals surface area contributed by atoms with Crippen LogP contribution in [-0.2, 0) is 0 Å². The van der Waals surface area contributed by atoms with Crippen molar-refractivity contribution in [3.63, 3.8) is 0 Å². The molecule has 0 aliphatic carbocycles. The van der Waals surface area contributed by atoms with E-state index in [2.05, 4.69) is 0 Å². The molecule has 0 fully saturated rings. The van der Waals surface area contributed by atoms with Gasteiger partial charge in [0.1, 0.15) is 11.6 Å². The fourth-order valence-corrected chi connectivity index (χ4v) is 2.22. The molecule has 0 bridgehead atoms. The Morgan fingerprint density at radius 3 is 2.00 bits per heavy atom. The van der Waals surface area contributed by atoms with E-state index in [-0.39, 0.29) is 11.7 Å². The number of hydrogen-bond donors (Lipinski definition) is 1. The average molecular weight is 259 g/mol. The van der Waals surface area contributed by atoms with Crippen molar-refractivity contribution in [3.8, 4) is 5.75 Å². The number of benzene rings is 2. The zero-order chi connectivity index (χ0) is 13.7. The van der Waals surface area contributed by atoms with Gasteiger partial charge < -0.3 is 10.5 Å². The zero-order valence-corrected chi connectivity index (χ0v) is 11.0.